The third-order valence-corrected chi connectivity index (χ3v) is 6.87. The molecule has 0 aliphatic heterocycles. The van der Waals surface area contributed by atoms with E-state index >= 15 is 0 Å². The summed E-state index contributed by atoms with van der Waals surface area (Å²) in [5, 5.41) is 2.82. The molecule has 2 aromatic carbocycles. The average molecular weight is 504 g/mol. The van der Waals surface area contributed by atoms with E-state index in [1.54, 1.807) is 44.4 Å². The highest BCUT2D eigenvalue weighted by atomic mass is 32.2. The molecule has 2 amide bonds. The van der Waals surface area contributed by atoms with Gasteiger partial charge in [0, 0.05) is 13.1 Å². The van der Waals surface area contributed by atoms with Gasteiger partial charge in [0.15, 0.2) is 0 Å². The Morgan fingerprint density at radius 3 is 2.26 bits per heavy atom. The van der Waals surface area contributed by atoms with Gasteiger partial charge in [-0.1, -0.05) is 45.0 Å². The highest BCUT2D eigenvalue weighted by Crippen LogP contribution is 2.23. The summed E-state index contributed by atoms with van der Waals surface area (Å²) in [6.07, 6.45) is 1.83. The Bertz CT molecular complexity index is 1100. The third kappa shape index (κ3) is 7.99. The Kier molecular flexibility index (Phi) is 10.1. The first-order valence-electron chi connectivity index (χ1n) is 11.8. The average Bonchev–Trinajstić information content (AvgIpc) is 2.83. The number of hydrogen-bond donors (Lipinski definition) is 1. The van der Waals surface area contributed by atoms with E-state index in [9.17, 15) is 18.0 Å². The van der Waals surface area contributed by atoms with Gasteiger partial charge < -0.3 is 15.0 Å². The van der Waals surface area contributed by atoms with Gasteiger partial charge in [-0.05, 0) is 54.7 Å². The van der Waals surface area contributed by atoms with Crippen molar-refractivity contribution in [2.75, 3.05) is 30.8 Å². The van der Waals surface area contributed by atoms with Gasteiger partial charge in [0.25, 0.3) is 0 Å². The molecule has 2 rings (SSSR count). The molecule has 0 aromatic heterocycles. The van der Waals surface area contributed by atoms with Gasteiger partial charge in [0.2, 0.25) is 21.8 Å². The first-order chi connectivity index (χ1) is 16.5. The quantitative estimate of drug-likeness (QED) is 0.478. The lowest BCUT2D eigenvalue weighted by Gasteiger charge is -2.31. The zero-order valence-corrected chi connectivity index (χ0v) is 22.3. The molecule has 0 aliphatic carbocycles. The normalized spacial score (nSPS) is 12.2. The molecule has 0 fully saturated rings. The minimum Gasteiger partial charge on any atom is -0.497 e. The maximum atomic E-state index is 13.5. The van der Waals surface area contributed by atoms with Crippen LogP contribution in [0, 0.1) is 0 Å². The summed E-state index contributed by atoms with van der Waals surface area (Å²) in [4.78, 5) is 27.7. The summed E-state index contributed by atoms with van der Waals surface area (Å²) < 4.78 is 31.7. The monoisotopic (exact) mass is 503 g/mol. The van der Waals surface area contributed by atoms with Crippen molar-refractivity contribution in [2.24, 2.45) is 0 Å². The van der Waals surface area contributed by atoms with Gasteiger partial charge in [-0.3, -0.25) is 13.9 Å². The van der Waals surface area contributed by atoms with E-state index in [-0.39, 0.29) is 12.5 Å². The first-order valence-corrected chi connectivity index (χ1v) is 13.6. The fraction of sp³-hybridized carbons (Fsp3) is 0.462. The lowest BCUT2D eigenvalue weighted by atomic mass is 10.0. The van der Waals surface area contributed by atoms with Crippen molar-refractivity contribution in [1.29, 1.82) is 0 Å². The molecule has 0 bridgehead atoms. The smallest absolute Gasteiger partial charge is 0.244 e. The molecule has 9 heteroatoms. The molecule has 0 saturated carbocycles. The topological polar surface area (TPSA) is 96.0 Å². The van der Waals surface area contributed by atoms with Crippen molar-refractivity contribution in [2.45, 2.75) is 52.6 Å². The highest BCUT2D eigenvalue weighted by molar-refractivity contribution is 7.92. The van der Waals surface area contributed by atoms with E-state index in [4.69, 9.17) is 4.74 Å². The van der Waals surface area contributed by atoms with Crippen LogP contribution in [0.25, 0.3) is 0 Å². The summed E-state index contributed by atoms with van der Waals surface area (Å²) in [6, 6.07) is 13.5. The van der Waals surface area contributed by atoms with Gasteiger partial charge in [-0.25, -0.2) is 8.42 Å². The fourth-order valence-corrected chi connectivity index (χ4v) is 4.43. The summed E-state index contributed by atoms with van der Waals surface area (Å²) in [7, 11) is -2.21. The van der Waals surface area contributed by atoms with E-state index in [0.29, 0.717) is 23.9 Å². The maximum Gasteiger partial charge on any atom is 0.244 e. The predicted octanol–water partition coefficient (Wildman–Crippen LogP) is 3.53. The molecule has 2 aromatic rings. The summed E-state index contributed by atoms with van der Waals surface area (Å²) in [6.45, 7) is 7.88. The fourth-order valence-electron chi connectivity index (χ4n) is 3.59. The van der Waals surface area contributed by atoms with Gasteiger partial charge >= 0.3 is 0 Å². The summed E-state index contributed by atoms with van der Waals surface area (Å²) >= 11 is 0. The van der Waals surface area contributed by atoms with E-state index in [1.807, 2.05) is 39.0 Å². The van der Waals surface area contributed by atoms with Gasteiger partial charge in [0.1, 0.15) is 18.3 Å². The van der Waals surface area contributed by atoms with Crippen LogP contribution in [0.5, 0.6) is 5.75 Å². The van der Waals surface area contributed by atoms with Crippen LogP contribution in [-0.2, 0) is 26.2 Å². The van der Waals surface area contributed by atoms with Crippen LogP contribution in [-0.4, -0.2) is 57.6 Å². The number of carbonyl (C=O) groups is 2. The minimum atomic E-state index is -3.76. The van der Waals surface area contributed by atoms with E-state index < -0.39 is 28.5 Å². The zero-order chi connectivity index (χ0) is 26.2. The largest absolute Gasteiger partial charge is 0.497 e. The van der Waals surface area contributed by atoms with Crippen LogP contribution < -0.4 is 14.4 Å². The summed E-state index contributed by atoms with van der Waals surface area (Å²) in [5.74, 6) is 0.139. The first kappa shape index (κ1) is 28.2. The standard InChI is InChI=1S/C26H37N3O5S/c1-7-15-27-26(31)20(4)28(17-21-9-8-10-24(16-21)34-5)25(30)18-29(35(6,32)33)23-13-11-22(12-14-23)19(2)3/h8-14,16,19-20H,7,15,17-18H2,1-6H3,(H,27,31). The highest BCUT2D eigenvalue weighted by Gasteiger charge is 2.30. The third-order valence-electron chi connectivity index (χ3n) is 5.73. The number of nitrogens with one attached hydrogen (secondary N) is 1. The number of anilines is 1. The summed E-state index contributed by atoms with van der Waals surface area (Å²) in [5.41, 5.74) is 2.23. The molecule has 0 radical (unpaired) electrons. The van der Waals surface area contributed by atoms with E-state index in [0.717, 1.165) is 28.1 Å². The van der Waals surface area contributed by atoms with Crippen LogP contribution in [0.15, 0.2) is 48.5 Å². The number of methoxy groups -OCH3 is 1. The lowest BCUT2D eigenvalue weighted by Crippen LogP contribution is -2.51. The predicted molar refractivity (Wildman–Crippen MR) is 139 cm³/mol. The van der Waals surface area contributed by atoms with Gasteiger partial charge in [-0.15, -0.1) is 0 Å². The number of hydrogen-bond acceptors (Lipinski definition) is 5. The Labute approximate surface area is 209 Å². The van der Waals surface area contributed by atoms with Crippen molar-refractivity contribution in [3.63, 3.8) is 0 Å². The Morgan fingerprint density at radius 1 is 1.06 bits per heavy atom. The number of rotatable bonds is 12. The Morgan fingerprint density at radius 2 is 1.71 bits per heavy atom. The number of amides is 2. The number of sulfonamides is 1. The van der Waals surface area contributed by atoms with E-state index in [2.05, 4.69) is 5.32 Å². The number of ether oxygens (including phenoxy) is 1. The second-order valence-corrected chi connectivity index (χ2v) is 10.8. The molecular formula is C26H37N3O5S. The molecule has 1 atom stereocenters. The number of carbonyl (C=O) groups excluding carboxylic acids is 2. The number of benzene rings is 2. The van der Waals surface area contributed by atoms with Gasteiger partial charge in [0.05, 0.1) is 19.1 Å². The number of nitrogens with zero attached hydrogens (tertiary/aromatic N) is 2. The second-order valence-electron chi connectivity index (χ2n) is 8.86. The van der Waals surface area contributed by atoms with Crippen LogP contribution in [0.3, 0.4) is 0 Å². The Balaban J connectivity index is 2.38. The van der Waals surface area contributed by atoms with Crippen molar-refractivity contribution in [3.05, 3.63) is 59.7 Å². The molecule has 8 nitrogen and oxygen atoms in total. The van der Waals surface area contributed by atoms with Crippen LogP contribution in [0.2, 0.25) is 0 Å². The van der Waals surface area contributed by atoms with Crippen LogP contribution in [0.1, 0.15) is 51.2 Å². The van der Waals surface area contributed by atoms with Crippen molar-refractivity contribution < 1.29 is 22.7 Å². The molecule has 0 heterocycles. The zero-order valence-electron chi connectivity index (χ0n) is 21.4. The van der Waals surface area contributed by atoms with Crippen molar-refractivity contribution in [1.82, 2.24) is 10.2 Å². The molecule has 1 N–H and O–H groups in total. The molecule has 35 heavy (non-hydrogen) atoms. The molecule has 1 unspecified atom stereocenters. The van der Waals surface area contributed by atoms with Gasteiger partial charge in [-0.2, -0.15) is 0 Å². The Hall–Kier alpha value is -3.07. The van der Waals surface area contributed by atoms with Crippen LogP contribution >= 0.6 is 0 Å². The second kappa shape index (κ2) is 12.6. The molecule has 0 saturated heterocycles. The molecular weight excluding hydrogens is 466 g/mol. The minimum absolute atomic E-state index is 0.126. The molecule has 192 valence electrons. The lowest BCUT2D eigenvalue weighted by molar-refractivity contribution is -0.139. The van der Waals surface area contributed by atoms with E-state index in [1.165, 1.54) is 4.90 Å². The molecule has 0 spiro atoms. The van der Waals surface area contributed by atoms with Crippen LogP contribution in [0.4, 0.5) is 5.69 Å². The van der Waals surface area contributed by atoms with Crippen molar-refractivity contribution >= 4 is 27.5 Å². The molecule has 0 aliphatic rings. The van der Waals surface area contributed by atoms with Crippen molar-refractivity contribution in [3.8, 4) is 5.75 Å². The SMILES string of the molecule is CCCNC(=O)C(C)N(Cc1cccc(OC)c1)C(=O)CN(c1ccc(C(C)C)cc1)S(C)(=O)=O. The maximum absolute atomic E-state index is 13.5.